The smallest absolute Gasteiger partial charge is 0.240 e. The van der Waals surface area contributed by atoms with Crippen LogP contribution in [0.2, 0.25) is 0 Å². The van der Waals surface area contributed by atoms with E-state index in [1.54, 1.807) is 6.20 Å². The molecule has 6 heteroatoms. The Morgan fingerprint density at radius 3 is 2.68 bits per heavy atom. The summed E-state index contributed by atoms with van der Waals surface area (Å²) in [7, 11) is 0. The molecule has 1 atom stereocenters. The van der Waals surface area contributed by atoms with Gasteiger partial charge >= 0.3 is 0 Å². The normalized spacial score (nSPS) is 13.0. The van der Waals surface area contributed by atoms with Crippen LogP contribution in [0.15, 0.2) is 34.9 Å². The number of aromatic nitrogens is 1. The number of carbonyl (C=O) groups excluding carboxylic acids is 1. The molecule has 0 saturated carbocycles. The van der Waals surface area contributed by atoms with E-state index in [1.165, 1.54) is 6.92 Å². The number of nitrogens with zero attached hydrogens (tertiary/aromatic N) is 1. The first-order chi connectivity index (χ1) is 10.3. The van der Waals surface area contributed by atoms with E-state index in [0.29, 0.717) is 5.75 Å². The molecular formula is C16H19BrN2O3. The molecule has 1 heterocycles. The zero-order valence-corrected chi connectivity index (χ0v) is 14.6. The van der Waals surface area contributed by atoms with Crippen LogP contribution >= 0.6 is 15.9 Å². The van der Waals surface area contributed by atoms with Crippen molar-refractivity contribution in [1.29, 1.82) is 0 Å². The van der Waals surface area contributed by atoms with Crippen LogP contribution in [0.4, 0.5) is 0 Å². The Labute approximate surface area is 138 Å². The average molecular weight is 367 g/mol. The van der Waals surface area contributed by atoms with Crippen LogP contribution in [0.1, 0.15) is 27.7 Å². The molecule has 0 spiro atoms. The fraction of sp³-hybridized carbons (Fsp3) is 0.375. The zero-order valence-electron chi connectivity index (χ0n) is 13.0. The lowest BCUT2D eigenvalue weighted by Crippen LogP contribution is -2.40. The highest BCUT2D eigenvalue weighted by Gasteiger charge is 2.28. The molecule has 1 N–H and O–H groups in total. The lowest BCUT2D eigenvalue weighted by molar-refractivity contribution is -0.187. The van der Waals surface area contributed by atoms with Gasteiger partial charge in [-0.2, -0.15) is 0 Å². The largest absolute Gasteiger partial charge is 0.462 e. The Morgan fingerprint density at radius 1 is 1.32 bits per heavy atom. The van der Waals surface area contributed by atoms with Crippen LogP contribution in [-0.2, 0) is 9.63 Å². The van der Waals surface area contributed by atoms with E-state index >= 15 is 0 Å². The number of nitrogens with one attached hydrogen (secondary N) is 1. The second kappa shape index (κ2) is 6.62. The number of pyridine rings is 1. The highest BCUT2D eigenvalue weighted by Crippen LogP contribution is 2.28. The van der Waals surface area contributed by atoms with Crippen LogP contribution in [-0.4, -0.2) is 17.2 Å². The minimum atomic E-state index is -0.617. The number of halogens is 1. The molecule has 2 aromatic rings. The summed E-state index contributed by atoms with van der Waals surface area (Å²) in [6, 6.07) is 7.58. The molecule has 0 aliphatic carbocycles. The van der Waals surface area contributed by atoms with Gasteiger partial charge in [0.05, 0.1) is 5.52 Å². The molecule has 5 nitrogen and oxygen atoms in total. The summed E-state index contributed by atoms with van der Waals surface area (Å²) in [4.78, 5) is 20.7. The van der Waals surface area contributed by atoms with Crippen molar-refractivity contribution in [2.45, 2.75) is 34.0 Å². The van der Waals surface area contributed by atoms with Crippen molar-refractivity contribution < 1.29 is 14.4 Å². The molecule has 0 saturated heterocycles. The third-order valence-electron chi connectivity index (χ3n) is 2.88. The van der Waals surface area contributed by atoms with Gasteiger partial charge in [-0.15, -0.1) is 0 Å². The van der Waals surface area contributed by atoms with E-state index in [9.17, 15) is 4.79 Å². The molecule has 22 heavy (non-hydrogen) atoms. The van der Waals surface area contributed by atoms with Crippen LogP contribution in [0, 0.1) is 5.41 Å². The average Bonchev–Trinajstić information content (AvgIpc) is 2.41. The molecule has 1 aromatic carbocycles. The minimum Gasteiger partial charge on any atom is -0.462 e. The first kappa shape index (κ1) is 16.7. The topological polar surface area (TPSA) is 60.5 Å². The SMILES string of the molecule is CC(=O)NOC(Oc1ccc2ncc(Br)cc2c1)C(C)(C)C. The van der Waals surface area contributed by atoms with E-state index in [-0.39, 0.29) is 11.3 Å². The minimum absolute atomic E-state index is 0.274. The van der Waals surface area contributed by atoms with E-state index in [1.807, 2.05) is 45.0 Å². The number of hydrogen-bond acceptors (Lipinski definition) is 4. The maximum absolute atomic E-state index is 11.0. The number of amides is 1. The Bertz CT molecular complexity index is 683. The van der Waals surface area contributed by atoms with Gasteiger partial charge in [-0.05, 0) is 40.2 Å². The van der Waals surface area contributed by atoms with Crippen molar-refractivity contribution in [3.8, 4) is 5.75 Å². The summed E-state index contributed by atoms with van der Waals surface area (Å²) in [5.74, 6) is 0.377. The van der Waals surface area contributed by atoms with E-state index in [0.717, 1.165) is 15.4 Å². The van der Waals surface area contributed by atoms with Gasteiger partial charge in [0.15, 0.2) is 0 Å². The van der Waals surface area contributed by atoms with Crippen LogP contribution in [0.25, 0.3) is 10.9 Å². The molecule has 1 aromatic heterocycles. The van der Waals surface area contributed by atoms with Gasteiger partial charge in [-0.3, -0.25) is 9.78 Å². The van der Waals surface area contributed by atoms with Crippen molar-refractivity contribution in [1.82, 2.24) is 10.5 Å². The lowest BCUT2D eigenvalue weighted by Gasteiger charge is -2.30. The third kappa shape index (κ3) is 4.42. The first-order valence-corrected chi connectivity index (χ1v) is 7.69. The molecule has 2 rings (SSSR count). The predicted octanol–water partition coefficient (Wildman–Crippen LogP) is 3.82. The summed E-state index contributed by atoms with van der Waals surface area (Å²) >= 11 is 3.40. The fourth-order valence-electron chi connectivity index (χ4n) is 1.79. The van der Waals surface area contributed by atoms with Crippen LogP contribution in [0.5, 0.6) is 5.75 Å². The summed E-state index contributed by atoms with van der Waals surface area (Å²) < 4.78 is 6.80. The van der Waals surface area contributed by atoms with Gasteiger partial charge in [-0.25, -0.2) is 10.3 Å². The Hall–Kier alpha value is -1.66. The van der Waals surface area contributed by atoms with E-state index < -0.39 is 6.29 Å². The maximum Gasteiger partial charge on any atom is 0.240 e. The van der Waals surface area contributed by atoms with Crippen LogP contribution < -0.4 is 10.2 Å². The van der Waals surface area contributed by atoms with Crippen LogP contribution in [0.3, 0.4) is 0 Å². The van der Waals surface area contributed by atoms with Crippen molar-refractivity contribution in [3.63, 3.8) is 0 Å². The summed E-state index contributed by atoms with van der Waals surface area (Å²) in [6.45, 7) is 7.30. The highest BCUT2D eigenvalue weighted by atomic mass is 79.9. The third-order valence-corrected chi connectivity index (χ3v) is 3.31. The number of rotatable bonds is 4. The Kier molecular flexibility index (Phi) is 5.03. The van der Waals surface area contributed by atoms with Gasteiger partial charge in [-0.1, -0.05) is 20.8 Å². The first-order valence-electron chi connectivity index (χ1n) is 6.90. The number of ether oxygens (including phenoxy) is 1. The molecular weight excluding hydrogens is 348 g/mol. The summed E-state index contributed by atoms with van der Waals surface area (Å²) in [6.07, 6.45) is 1.13. The van der Waals surface area contributed by atoms with Crippen molar-refractivity contribution >= 4 is 32.7 Å². The Morgan fingerprint density at radius 2 is 2.05 bits per heavy atom. The Balaban J connectivity index is 2.23. The molecule has 0 radical (unpaired) electrons. The zero-order chi connectivity index (χ0) is 16.3. The molecule has 1 unspecified atom stereocenters. The van der Waals surface area contributed by atoms with Crippen molar-refractivity contribution in [2.75, 3.05) is 0 Å². The number of hydroxylamine groups is 1. The summed E-state index contributed by atoms with van der Waals surface area (Å²) in [5, 5.41) is 0.957. The van der Waals surface area contributed by atoms with Gasteiger partial charge < -0.3 is 4.74 Å². The van der Waals surface area contributed by atoms with E-state index in [4.69, 9.17) is 9.57 Å². The standard InChI is InChI=1S/C16H19BrN2O3/c1-10(20)19-22-15(16(2,3)4)21-13-5-6-14-11(8-13)7-12(17)9-18-14/h5-9,15H,1-4H3,(H,19,20). The quantitative estimate of drug-likeness (QED) is 0.659. The summed E-state index contributed by atoms with van der Waals surface area (Å²) in [5.41, 5.74) is 2.90. The van der Waals surface area contributed by atoms with Crippen molar-refractivity contribution in [2.24, 2.45) is 5.41 Å². The fourth-order valence-corrected chi connectivity index (χ4v) is 2.14. The second-order valence-electron chi connectivity index (χ2n) is 6.10. The van der Waals surface area contributed by atoms with Gasteiger partial charge in [0.2, 0.25) is 12.2 Å². The highest BCUT2D eigenvalue weighted by molar-refractivity contribution is 9.10. The monoisotopic (exact) mass is 366 g/mol. The maximum atomic E-state index is 11.0. The number of benzene rings is 1. The molecule has 118 valence electrons. The number of hydrogen-bond donors (Lipinski definition) is 1. The molecule has 1 amide bonds. The predicted molar refractivity (Wildman–Crippen MR) is 88.2 cm³/mol. The number of fused-ring (bicyclic) bond motifs is 1. The molecule has 0 bridgehead atoms. The van der Waals surface area contributed by atoms with Gasteiger partial charge in [0.25, 0.3) is 0 Å². The lowest BCUT2D eigenvalue weighted by atomic mass is 9.96. The number of carbonyl (C=O) groups is 1. The molecule has 0 aliphatic rings. The van der Waals surface area contributed by atoms with Gasteiger partial charge in [0.1, 0.15) is 5.75 Å². The van der Waals surface area contributed by atoms with Gasteiger partial charge in [0, 0.05) is 28.4 Å². The van der Waals surface area contributed by atoms with Crippen molar-refractivity contribution in [3.05, 3.63) is 34.9 Å². The second-order valence-corrected chi connectivity index (χ2v) is 7.02. The molecule has 0 fully saturated rings. The van der Waals surface area contributed by atoms with E-state index in [2.05, 4.69) is 26.4 Å². The molecule has 0 aliphatic heterocycles.